The van der Waals surface area contributed by atoms with Crippen molar-refractivity contribution >= 4 is 23.5 Å². The zero-order valence-electron chi connectivity index (χ0n) is 23.7. The molecule has 0 fully saturated rings. The van der Waals surface area contributed by atoms with Gasteiger partial charge in [0.15, 0.2) is 0 Å². The Morgan fingerprint density at radius 2 is 1.49 bits per heavy atom. The summed E-state index contributed by atoms with van der Waals surface area (Å²) in [6.07, 6.45) is -4.77. The number of esters is 1. The molecule has 1 aliphatic rings. The molecule has 9 heteroatoms. The van der Waals surface area contributed by atoms with Crippen molar-refractivity contribution in [2.45, 2.75) is 32.6 Å². The van der Waals surface area contributed by atoms with Crippen molar-refractivity contribution in [3.63, 3.8) is 0 Å². The Bertz CT molecular complexity index is 1680. The standard InChI is InChI=1S/C34H29F3N2O4/c1-20(2)30(33(42)43-3)39-19-25-10-9-23(17-28(25)32(39)41)27-16-13-24(18-29(27)34(35,36)37)31(40)38-26-14-11-22(12-15-26)21-7-5-4-6-8-21/h4-18,20,30H,19H2,1-3H3,(H,38,40)/t30-/m0/s1. The van der Waals surface area contributed by atoms with Gasteiger partial charge in [-0.15, -0.1) is 0 Å². The predicted molar refractivity (Wildman–Crippen MR) is 157 cm³/mol. The van der Waals surface area contributed by atoms with E-state index in [1.54, 1.807) is 32.0 Å². The summed E-state index contributed by atoms with van der Waals surface area (Å²) < 4.78 is 47.7. The maximum absolute atomic E-state index is 14.3. The molecule has 0 saturated heterocycles. The van der Waals surface area contributed by atoms with Gasteiger partial charge in [0.25, 0.3) is 11.8 Å². The Hall–Kier alpha value is -4.92. The SMILES string of the molecule is COC(=O)[C@H](C(C)C)N1Cc2ccc(-c3ccc(C(=O)Nc4ccc(-c5ccccc5)cc4)cc3C(F)(F)F)cc2C1=O. The average Bonchev–Trinajstić information content (AvgIpc) is 3.31. The molecule has 4 aromatic rings. The van der Waals surface area contributed by atoms with Crippen LogP contribution in [0.3, 0.4) is 0 Å². The van der Waals surface area contributed by atoms with E-state index in [2.05, 4.69) is 5.32 Å². The predicted octanol–water partition coefficient (Wildman–Crippen LogP) is 7.45. The third-order valence-corrected chi connectivity index (χ3v) is 7.50. The van der Waals surface area contributed by atoms with Crippen molar-refractivity contribution in [2.24, 2.45) is 5.92 Å². The van der Waals surface area contributed by atoms with Crippen LogP contribution in [0.2, 0.25) is 0 Å². The molecule has 5 rings (SSSR count). The topological polar surface area (TPSA) is 75.7 Å². The maximum atomic E-state index is 14.3. The fourth-order valence-electron chi connectivity index (χ4n) is 5.35. The first-order chi connectivity index (χ1) is 20.5. The van der Waals surface area contributed by atoms with E-state index in [1.165, 1.54) is 36.3 Å². The molecule has 0 radical (unpaired) electrons. The second kappa shape index (κ2) is 11.8. The molecule has 0 aliphatic carbocycles. The number of benzene rings is 4. The lowest BCUT2D eigenvalue weighted by Crippen LogP contribution is -2.45. The lowest BCUT2D eigenvalue weighted by atomic mass is 9.94. The summed E-state index contributed by atoms with van der Waals surface area (Å²) in [5.41, 5.74) is 2.03. The van der Waals surface area contributed by atoms with Gasteiger partial charge in [0.2, 0.25) is 0 Å². The Morgan fingerprint density at radius 3 is 2.12 bits per heavy atom. The molecule has 2 amide bonds. The van der Waals surface area contributed by atoms with Gasteiger partial charge < -0.3 is 15.0 Å². The number of amides is 2. The quantitative estimate of drug-likeness (QED) is 0.228. The molecule has 0 unspecified atom stereocenters. The Morgan fingerprint density at radius 1 is 0.837 bits per heavy atom. The number of fused-ring (bicyclic) bond motifs is 1. The number of nitrogens with zero attached hydrogens (tertiary/aromatic N) is 1. The fraction of sp³-hybridized carbons (Fsp3) is 0.206. The number of anilines is 1. The fourth-order valence-corrected chi connectivity index (χ4v) is 5.35. The number of rotatable bonds is 7. The zero-order valence-corrected chi connectivity index (χ0v) is 23.7. The number of methoxy groups -OCH3 is 1. The van der Waals surface area contributed by atoms with Crippen molar-refractivity contribution in [2.75, 3.05) is 12.4 Å². The molecular formula is C34H29F3N2O4. The van der Waals surface area contributed by atoms with Gasteiger partial charge in [-0.3, -0.25) is 9.59 Å². The number of hydrogen-bond donors (Lipinski definition) is 1. The molecule has 4 aromatic carbocycles. The normalized spacial score (nSPS) is 13.6. The first kappa shape index (κ1) is 29.6. The molecular weight excluding hydrogens is 557 g/mol. The first-order valence-corrected chi connectivity index (χ1v) is 13.7. The third kappa shape index (κ3) is 6.02. The number of hydrogen-bond acceptors (Lipinski definition) is 4. The monoisotopic (exact) mass is 586 g/mol. The summed E-state index contributed by atoms with van der Waals surface area (Å²) in [5, 5.41) is 2.66. The maximum Gasteiger partial charge on any atom is 0.417 e. The molecule has 0 aromatic heterocycles. The highest BCUT2D eigenvalue weighted by atomic mass is 19.4. The number of alkyl halides is 3. The highest BCUT2D eigenvalue weighted by molar-refractivity contribution is 6.05. The van der Waals surface area contributed by atoms with Crippen LogP contribution in [-0.4, -0.2) is 35.8 Å². The lowest BCUT2D eigenvalue weighted by Gasteiger charge is -2.28. The van der Waals surface area contributed by atoms with E-state index in [1.807, 2.05) is 42.5 Å². The Kier molecular flexibility index (Phi) is 8.08. The summed E-state index contributed by atoms with van der Waals surface area (Å²) in [6.45, 7) is 3.72. The van der Waals surface area contributed by atoms with Crippen molar-refractivity contribution < 1.29 is 32.3 Å². The summed E-state index contributed by atoms with van der Waals surface area (Å²) in [5.74, 6) is -1.94. The number of nitrogens with one attached hydrogen (secondary N) is 1. The van der Waals surface area contributed by atoms with Crippen LogP contribution >= 0.6 is 0 Å². The van der Waals surface area contributed by atoms with Crippen LogP contribution in [-0.2, 0) is 22.3 Å². The molecule has 43 heavy (non-hydrogen) atoms. The van der Waals surface area contributed by atoms with Crippen LogP contribution < -0.4 is 5.32 Å². The molecule has 0 saturated carbocycles. The van der Waals surface area contributed by atoms with Crippen molar-refractivity contribution in [3.8, 4) is 22.3 Å². The minimum atomic E-state index is -4.77. The molecule has 220 valence electrons. The summed E-state index contributed by atoms with van der Waals surface area (Å²) in [6, 6.07) is 23.7. The van der Waals surface area contributed by atoms with E-state index in [-0.39, 0.29) is 34.7 Å². The van der Waals surface area contributed by atoms with Gasteiger partial charge in [-0.25, -0.2) is 4.79 Å². The average molecular weight is 587 g/mol. The van der Waals surface area contributed by atoms with E-state index in [9.17, 15) is 27.6 Å². The molecule has 1 heterocycles. The molecule has 1 aliphatic heterocycles. The van der Waals surface area contributed by atoms with Crippen LogP contribution in [0.25, 0.3) is 22.3 Å². The van der Waals surface area contributed by atoms with Crippen molar-refractivity contribution in [3.05, 3.63) is 113 Å². The lowest BCUT2D eigenvalue weighted by molar-refractivity contribution is -0.147. The zero-order chi connectivity index (χ0) is 30.9. The molecule has 6 nitrogen and oxygen atoms in total. The van der Waals surface area contributed by atoms with E-state index in [0.29, 0.717) is 11.3 Å². The number of ether oxygens (including phenoxy) is 1. The summed E-state index contributed by atoms with van der Waals surface area (Å²) in [7, 11) is 1.24. The third-order valence-electron chi connectivity index (χ3n) is 7.50. The van der Waals surface area contributed by atoms with Crippen LogP contribution in [0.4, 0.5) is 18.9 Å². The molecule has 0 bridgehead atoms. The molecule has 1 atom stereocenters. The van der Waals surface area contributed by atoms with Gasteiger partial charge in [0.05, 0.1) is 12.7 Å². The minimum absolute atomic E-state index is 0.143. The Labute approximate surface area is 247 Å². The van der Waals surface area contributed by atoms with E-state index in [0.717, 1.165) is 17.2 Å². The van der Waals surface area contributed by atoms with Gasteiger partial charge in [0, 0.05) is 23.4 Å². The van der Waals surface area contributed by atoms with Gasteiger partial charge in [-0.2, -0.15) is 13.2 Å². The molecule has 1 N–H and O–H groups in total. The second-order valence-corrected chi connectivity index (χ2v) is 10.7. The minimum Gasteiger partial charge on any atom is -0.467 e. The Balaban J connectivity index is 1.41. The van der Waals surface area contributed by atoms with E-state index in [4.69, 9.17) is 4.74 Å². The van der Waals surface area contributed by atoms with Gasteiger partial charge in [-0.1, -0.05) is 74.5 Å². The van der Waals surface area contributed by atoms with Crippen LogP contribution in [0.5, 0.6) is 0 Å². The first-order valence-electron chi connectivity index (χ1n) is 13.7. The van der Waals surface area contributed by atoms with Gasteiger partial charge in [-0.05, 0) is 64.1 Å². The van der Waals surface area contributed by atoms with Crippen LogP contribution in [0.1, 0.15) is 45.7 Å². The summed E-state index contributed by atoms with van der Waals surface area (Å²) in [4.78, 5) is 40.0. The largest absolute Gasteiger partial charge is 0.467 e. The van der Waals surface area contributed by atoms with Crippen molar-refractivity contribution in [1.29, 1.82) is 0 Å². The smallest absolute Gasteiger partial charge is 0.417 e. The van der Waals surface area contributed by atoms with Crippen LogP contribution in [0, 0.1) is 5.92 Å². The highest BCUT2D eigenvalue weighted by Crippen LogP contribution is 2.39. The van der Waals surface area contributed by atoms with E-state index < -0.39 is 35.6 Å². The number of carbonyl (C=O) groups is 3. The van der Waals surface area contributed by atoms with Gasteiger partial charge in [0.1, 0.15) is 6.04 Å². The molecule has 0 spiro atoms. The summed E-state index contributed by atoms with van der Waals surface area (Å²) >= 11 is 0. The second-order valence-electron chi connectivity index (χ2n) is 10.7. The number of carbonyl (C=O) groups excluding carboxylic acids is 3. The number of halogens is 3. The highest BCUT2D eigenvalue weighted by Gasteiger charge is 2.39. The van der Waals surface area contributed by atoms with E-state index >= 15 is 0 Å². The van der Waals surface area contributed by atoms with Crippen LogP contribution in [0.15, 0.2) is 91.0 Å². The van der Waals surface area contributed by atoms with Crippen molar-refractivity contribution in [1.82, 2.24) is 4.90 Å². The van der Waals surface area contributed by atoms with Gasteiger partial charge >= 0.3 is 12.1 Å².